The van der Waals surface area contributed by atoms with E-state index in [-0.39, 0.29) is 23.9 Å². The maximum atomic E-state index is 13.0. The van der Waals surface area contributed by atoms with Crippen molar-refractivity contribution in [1.82, 2.24) is 9.21 Å². The van der Waals surface area contributed by atoms with Gasteiger partial charge >= 0.3 is 0 Å². The molecule has 1 amide bonds. The van der Waals surface area contributed by atoms with Gasteiger partial charge in [-0.15, -0.1) is 0 Å². The summed E-state index contributed by atoms with van der Waals surface area (Å²) in [5.74, 6) is -0.646. The molecule has 1 fully saturated rings. The number of hydrogen-bond acceptors (Lipinski definition) is 3. The number of nitrogens with zero attached hydrogens (tertiary/aromatic N) is 2. The van der Waals surface area contributed by atoms with E-state index in [0.29, 0.717) is 23.7 Å². The van der Waals surface area contributed by atoms with Crippen LogP contribution in [0.15, 0.2) is 53.4 Å². The first kappa shape index (κ1) is 17.8. The van der Waals surface area contributed by atoms with E-state index in [2.05, 4.69) is 0 Å². The summed E-state index contributed by atoms with van der Waals surface area (Å²) in [6.45, 7) is 0.974. The Morgan fingerprint density at radius 1 is 0.920 bits per heavy atom. The summed E-state index contributed by atoms with van der Waals surface area (Å²) in [5.41, 5.74) is 0.513. The molecular weight excluding hydrogens is 367 g/mol. The van der Waals surface area contributed by atoms with Crippen LogP contribution in [-0.2, 0) is 10.0 Å². The van der Waals surface area contributed by atoms with Gasteiger partial charge in [-0.3, -0.25) is 4.79 Å². The van der Waals surface area contributed by atoms with Gasteiger partial charge in [0, 0.05) is 36.8 Å². The van der Waals surface area contributed by atoms with Gasteiger partial charge in [0.15, 0.2) is 0 Å². The van der Waals surface area contributed by atoms with Crippen LogP contribution in [0.4, 0.5) is 4.39 Å². The summed E-state index contributed by atoms with van der Waals surface area (Å²) in [7, 11) is -3.69. The fourth-order valence-corrected chi connectivity index (χ4v) is 4.21. The molecule has 1 heterocycles. The van der Waals surface area contributed by atoms with Crippen molar-refractivity contribution < 1.29 is 17.6 Å². The minimum absolute atomic E-state index is 0.0476. The third-order valence-corrected chi connectivity index (χ3v) is 6.23. The third-order valence-electron chi connectivity index (χ3n) is 4.07. The van der Waals surface area contributed by atoms with Gasteiger partial charge in [-0.2, -0.15) is 4.31 Å². The van der Waals surface area contributed by atoms with Gasteiger partial charge in [0.1, 0.15) is 5.82 Å². The van der Waals surface area contributed by atoms with E-state index in [4.69, 9.17) is 11.6 Å². The van der Waals surface area contributed by atoms with E-state index in [0.717, 1.165) is 12.1 Å². The number of sulfonamides is 1. The van der Waals surface area contributed by atoms with E-state index in [1.807, 2.05) is 0 Å². The molecule has 3 rings (SSSR count). The Morgan fingerprint density at radius 2 is 1.48 bits per heavy atom. The molecule has 0 saturated carbocycles. The Morgan fingerprint density at radius 3 is 2.04 bits per heavy atom. The largest absolute Gasteiger partial charge is 0.336 e. The van der Waals surface area contributed by atoms with Gasteiger partial charge < -0.3 is 4.90 Å². The molecule has 0 unspecified atom stereocenters. The van der Waals surface area contributed by atoms with Gasteiger partial charge in [-0.25, -0.2) is 12.8 Å². The van der Waals surface area contributed by atoms with Crippen LogP contribution in [0.5, 0.6) is 0 Å². The Hall–Kier alpha value is -1.96. The summed E-state index contributed by atoms with van der Waals surface area (Å²) in [6, 6.07) is 11.3. The normalized spacial score (nSPS) is 16.0. The second-order valence-electron chi connectivity index (χ2n) is 5.66. The van der Waals surface area contributed by atoms with Crippen molar-refractivity contribution in [3.8, 4) is 0 Å². The van der Waals surface area contributed by atoms with Crippen LogP contribution < -0.4 is 0 Å². The van der Waals surface area contributed by atoms with Crippen molar-refractivity contribution in [1.29, 1.82) is 0 Å². The summed E-state index contributed by atoms with van der Waals surface area (Å²) in [6.07, 6.45) is 0. The molecule has 8 heteroatoms. The number of rotatable bonds is 3. The predicted octanol–water partition coefficient (Wildman–Crippen LogP) is 2.63. The lowest BCUT2D eigenvalue weighted by Crippen LogP contribution is -2.50. The second kappa shape index (κ2) is 7.11. The van der Waals surface area contributed by atoms with E-state index in [9.17, 15) is 17.6 Å². The molecule has 0 radical (unpaired) electrons. The van der Waals surface area contributed by atoms with Gasteiger partial charge in [-0.05, 0) is 48.5 Å². The number of piperazine rings is 1. The molecule has 2 aromatic carbocycles. The minimum Gasteiger partial charge on any atom is -0.336 e. The van der Waals surface area contributed by atoms with Crippen LogP contribution in [0.1, 0.15) is 10.4 Å². The maximum Gasteiger partial charge on any atom is 0.253 e. The molecule has 2 aromatic rings. The Kier molecular flexibility index (Phi) is 5.08. The van der Waals surface area contributed by atoms with Gasteiger partial charge in [-0.1, -0.05) is 11.6 Å². The fraction of sp³-hybridized carbons (Fsp3) is 0.235. The zero-order valence-corrected chi connectivity index (χ0v) is 14.8. The van der Waals surface area contributed by atoms with E-state index in [1.54, 1.807) is 29.2 Å². The quantitative estimate of drug-likeness (QED) is 0.820. The predicted molar refractivity (Wildman–Crippen MR) is 92.5 cm³/mol. The molecule has 132 valence electrons. The van der Waals surface area contributed by atoms with Crippen molar-refractivity contribution in [3.63, 3.8) is 0 Å². The highest BCUT2D eigenvalue weighted by Gasteiger charge is 2.30. The Labute approximate surface area is 150 Å². The number of carbonyl (C=O) groups is 1. The topological polar surface area (TPSA) is 57.7 Å². The van der Waals surface area contributed by atoms with Crippen molar-refractivity contribution >= 4 is 27.5 Å². The summed E-state index contributed by atoms with van der Waals surface area (Å²) in [4.78, 5) is 14.1. The lowest BCUT2D eigenvalue weighted by molar-refractivity contribution is 0.0698. The summed E-state index contributed by atoms with van der Waals surface area (Å²) < 4.78 is 39.4. The molecule has 0 atom stereocenters. The van der Waals surface area contributed by atoms with E-state index < -0.39 is 15.8 Å². The van der Waals surface area contributed by atoms with Crippen LogP contribution in [0.2, 0.25) is 5.02 Å². The molecule has 1 saturated heterocycles. The lowest BCUT2D eigenvalue weighted by Gasteiger charge is -2.34. The van der Waals surface area contributed by atoms with Crippen LogP contribution >= 0.6 is 11.6 Å². The first-order valence-corrected chi connectivity index (χ1v) is 9.50. The molecule has 0 aliphatic carbocycles. The van der Waals surface area contributed by atoms with Crippen LogP contribution in [0.3, 0.4) is 0 Å². The minimum atomic E-state index is -3.69. The SMILES string of the molecule is O=C(c1ccc(Cl)cc1)N1CCN(S(=O)(=O)c2ccc(F)cc2)CC1. The smallest absolute Gasteiger partial charge is 0.253 e. The number of carbonyl (C=O) groups excluding carboxylic acids is 1. The molecule has 0 bridgehead atoms. The highest BCUT2D eigenvalue weighted by molar-refractivity contribution is 7.89. The van der Waals surface area contributed by atoms with Gasteiger partial charge in [0.2, 0.25) is 10.0 Å². The highest BCUT2D eigenvalue weighted by Crippen LogP contribution is 2.19. The molecule has 0 spiro atoms. The maximum absolute atomic E-state index is 13.0. The Balaban J connectivity index is 1.68. The first-order valence-electron chi connectivity index (χ1n) is 7.68. The number of amides is 1. The first-order chi connectivity index (χ1) is 11.9. The number of hydrogen-bond donors (Lipinski definition) is 0. The monoisotopic (exact) mass is 382 g/mol. The zero-order valence-electron chi connectivity index (χ0n) is 13.2. The molecule has 1 aliphatic rings. The van der Waals surface area contributed by atoms with Gasteiger partial charge in [0.25, 0.3) is 5.91 Å². The zero-order chi connectivity index (χ0) is 18.0. The van der Waals surface area contributed by atoms with Gasteiger partial charge in [0.05, 0.1) is 4.90 Å². The molecule has 0 N–H and O–H groups in total. The molecule has 5 nitrogen and oxygen atoms in total. The molecule has 1 aliphatic heterocycles. The second-order valence-corrected chi connectivity index (χ2v) is 8.03. The van der Waals surface area contributed by atoms with Crippen molar-refractivity contribution in [2.45, 2.75) is 4.90 Å². The lowest BCUT2D eigenvalue weighted by atomic mass is 10.2. The van der Waals surface area contributed by atoms with Crippen molar-refractivity contribution in [3.05, 3.63) is 64.9 Å². The summed E-state index contributed by atoms with van der Waals surface area (Å²) in [5, 5.41) is 0.548. The summed E-state index contributed by atoms with van der Waals surface area (Å²) >= 11 is 5.82. The van der Waals surface area contributed by atoms with Crippen LogP contribution in [0.25, 0.3) is 0 Å². The van der Waals surface area contributed by atoms with Crippen LogP contribution in [-0.4, -0.2) is 49.7 Å². The van der Waals surface area contributed by atoms with E-state index in [1.165, 1.54) is 16.4 Å². The fourth-order valence-electron chi connectivity index (χ4n) is 2.66. The average Bonchev–Trinajstić information content (AvgIpc) is 2.62. The van der Waals surface area contributed by atoms with E-state index >= 15 is 0 Å². The van der Waals surface area contributed by atoms with Crippen LogP contribution in [0, 0.1) is 5.82 Å². The van der Waals surface area contributed by atoms with Crippen molar-refractivity contribution in [2.24, 2.45) is 0 Å². The molecular formula is C17H16ClFN2O3S. The van der Waals surface area contributed by atoms with Crippen molar-refractivity contribution in [2.75, 3.05) is 26.2 Å². The number of benzene rings is 2. The average molecular weight is 383 g/mol. The molecule has 0 aromatic heterocycles. The Bertz CT molecular complexity index is 862. The molecule has 25 heavy (non-hydrogen) atoms. The standard InChI is InChI=1S/C17H16ClFN2O3S/c18-14-3-1-13(2-4-14)17(22)20-9-11-21(12-10-20)25(23,24)16-7-5-15(19)6-8-16/h1-8H,9-12H2. The third kappa shape index (κ3) is 3.84. The highest BCUT2D eigenvalue weighted by atomic mass is 35.5. The number of halogens is 2.